The zero-order valence-corrected chi connectivity index (χ0v) is 13.6. The number of nitrogens with one attached hydrogen (secondary N) is 2. The maximum Gasteiger partial charge on any atom is 0.418 e. The van der Waals surface area contributed by atoms with E-state index < -0.39 is 46.6 Å². The molecule has 1 amide bonds. The first-order valence-electron chi connectivity index (χ1n) is 7.05. The van der Waals surface area contributed by atoms with Crippen molar-refractivity contribution in [1.82, 2.24) is 0 Å². The number of benzene rings is 2. The zero-order chi connectivity index (χ0) is 19.5. The highest BCUT2D eigenvalue weighted by atomic mass is 35.5. The molecule has 2 rings (SSSR count). The first-order chi connectivity index (χ1) is 12.0. The number of rotatable bonds is 4. The largest absolute Gasteiger partial charge is 0.418 e. The van der Waals surface area contributed by atoms with Gasteiger partial charge in [-0.3, -0.25) is 4.79 Å². The van der Waals surface area contributed by atoms with Gasteiger partial charge in [-0.1, -0.05) is 23.7 Å². The number of anilines is 2. The lowest BCUT2D eigenvalue weighted by Crippen LogP contribution is -2.23. The minimum atomic E-state index is -4.68. The van der Waals surface area contributed by atoms with Crippen molar-refractivity contribution in [3.05, 3.63) is 58.6 Å². The molecule has 26 heavy (non-hydrogen) atoms. The van der Waals surface area contributed by atoms with Crippen molar-refractivity contribution in [2.45, 2.75) is 12.4 Å². The Hall–Kier alpha value is -2.42. The standard InChI is InChI=1S/C16H11ClF6N2O/c17-12-6-5-9(7-11(12)16(21,22)23)24-8-14(26)25-13-4-2-1-3-10(13)15(18,19)20/h1-7,24H,8H2,(H,25,26). The van der Waals surface area contributed by atoms with Gasteiger partial charge in [0.05, 0.1) is 28.4 Å². The molecule has 3 nitrogen and oxygen atoms in total. The molecule has 0 aliphatic rings. The second kappa shape index (κ2) is 7.45. The summed E-state index contributed by atoms with van der Waals surface area (Å²) in [4.78, 5) is 11.8. The molecule has 0 aromatic heterocycles. The molecule has 0 atom stereocenters. The fourth-order valence-corrected chi connectivity index (χ4v) is 2.29. The number of carbonyl (C=O) groups is 1. The average Bonchev–Trinajstić information content (AvgIpc) is 2.52. The molecule has 2 aromatic rings. The summed E-state index contributed by atoms with van der Waals surface area (Å²) < 4.78 is 76.9. The molecule has 10 heteroatoms. The van der Waals surface area contributed by atoms with Crippen molar-refractivity contribution in [3.8, 4) is 0 Å². The molecule has 0 saturated heterocycles. The number of para-hydroxylation sites is 1. The monoisotopic (exact) mass is 396 g/mol. The Morgan fingerprint density at radius 2 is 1.54 bits per heavy atom. The summed E-state index contributed by atoms with van der Waals surface area (Å²) in [5, 5.41) is 3.98. The lowest BCUT2D eigenvalue weighted by Gasteiger charge is -2.15. The van der Waals surface area contributed by atoms with Gasteiger partial charge in [0.25, 0.3) is 0 Å². The van der Waals surface area contributed by atoms with Crippen LogP contribution in [0.25, 0.3) is 0 Å². The van der Waals surface area contributed by atoms with Crippen LogP contribution in [-0.2, 0) is 17.1 Å². The molecule has 0 saturated carbocycles. The van der Waals surface area contributed by atoms with Crippen molar-refractivity contribution in [2.24, 2.45) is 0 Å². The lowest BCUT2D eigenvalue weighted by molar-refractivity contribution is -0.138. The number of halogens is 7. The molecule has 0 spiro atoms. The first kappa shape index (κ1) is 19.9. The van der Waals surface area contributed by atoms with Gasteiger partial charge >= 0.3 is 12.4 Å². The van der Waals surface area contributed by atoms with Crippen LogP contribution in [-0.4, -0.2) is 12.5 Å². The molecule has 2 N–H and O–H groups in total. The Bertz CT molecular complexity index is 804. The fraction of sp³-hybridized carbons (Fsp3) is 0.188. The third-order valence-corrected chi connectivity index (χ3v) is 3.56. The SMILES string of the molecule is O=C(CNc1ccc(Cl)c(C(F)(F)F)c1)Nc1ccccc1C(F)(F)F. The van der Waals surface area contributed by atoms with Crippen LogP contribution in [0, 0.1) is 0 Å². The second-order valence-corrected chi connectivity index (χ2v) is 5.54. The molecule has 0 aliphatic carbocycles. The van der Waals surface area contributed by atoms with Crippen LogP contribution in [0.2, 0.25) is 5.02 Å². The van der Waals surface area contributed by atoms with Crippen LogP contribution < -0.4 is 10.6 Å². The molecule has 0 radical (unpaired) electrons. The van der Waals surface area contributed by atoms with Crippen molar-refractivity contribution < 1.29 is 31.1 Å². The minimum absolute atomic E-state index is 0.0546. The summed E-state index contributed by atoms with van der Waals surface area (Å²) in [6, 6.07) is 7.29. The highest BCUT2D eigenvalue weighted by Gasteiger charge is 2.34. The highest BCUT2D eigenvalue weighted by Crippen LogP contribution is 2.36. The van der Waals surface area contributed by atoms with Crippen LogP contribution in [0.15, 0.2) is 42.5 Å². The molecule has 0 heterocycles. The normalized spacial score (nSPS) is 12.0. The summed E-state index contributed by atoms with van der Waals surface area (Å²) in [5.41, 5.74) is -2.62. The molecular formula is C16H11ClF6N2O. The summed E-state index contributed by atoms with van der Waals surface area (Å²) in [7, 11) is 0. The van der Waals surface area contributed by atoms with Gasteiger partial charge in [0.1, 0.15) is 0 Å². The number of hydrogen-bond donors (Lipinski definition) is 2. The van der Waals surface area contributed by atoms with Gasteiger partial charge in [0, 0.05) is 5.69 Å². The van der Waals surface area contributed by atoms with Crippen molar-refractivity contribution in [3.63, 3.8) is 0 Å². The topological polar surface area (TPSA) is 41.1 Å². The van der Waals surface area contributed by atoms with E-state index in [9.17, 15) is 31.1 Å². The Morgan fingerprint density at radius 1 is 0.923 bits per heavy atom. The molecule has 2 aromatic carbocycles. The van der Waals surface area contributed by atoms with E-state index >= 15 is 0 Å². The number of carbonyl (C=O) groups excluding carboxylic acids is 1. The van der Waals surface area contributed by atoms with Crippen LogP contribution in [0.3, 0.4) is 0 Å². The van der Waals surface area contributed by atoms with E-state index in [-0.39, 0.29) is 5.69 Å². The van der Waals surface area contributed by atoms with Crippen LogP contribution in [0.5, 0.6) is 0 Å². The highest BCUT2D eigenvalue weighted by molar-refractivity contribution is 6.31. The van der Waals surface area contributed by atoms with Gasteiger partial charge in [0.2, 0.25) is 5.91 Å². The third kappa shape index (κ3) is 5.04. The van der Waals surface area contributed by atoms with Gasteiger partial charge in [-0.25, -0.2) is 0 Å². The summed E-state index contributed by atoms with van der Waals surface area (Å²) in [5.74, 6) is -0.856. The lowest BCUT2D eigenvalue weighted by atomic mass is 10.1. The average molecular weight is 397 g/mol. The second-order valence-electron chi connectivity index (χ2n) is 5.14. The van der Waals surface area contributed by atoms with E-state index in [1.807, 2.05) is 0 Å². The fourth-order valence-electron chi connectivity index (χ4n) is 2.07. The predicted molar refractivity (Wildman–Crippen MR) is 85.0 cm³/mol. The summed E-state index contributed by atoms with van der Waals surface area (Å²) in [6.07, 6.45) is -9.34. The van der Waals surface area contributed by atoms with E-state index in [0.29, 0.717) is 6.07 Å². The number of alkyl halides is 6. The van der Waals surface area contributed by atoms with Gasteiger partial charge in [-0.05, 0) is 30.3 Å². The molecule has 0 unspecified atom stereocenters. The van der Waals surface area contributed by atoms with Crippen molar-refractivity contribution in [2.75, 3.05) is 17.2 Å². The van der Waals surface area contributed by atoms with Crippen LogP contribution >= 0.6 is 11.6 Å². The Morgan fingerprint density at radius 3 is 2.15 bits per heavy atom. The zero-order valence-electron chi connectivity index (χ0n) is 12.8. The van der Waals surface area contributed by atoms with Gasteiger partial charge < -0.3 is 10.6 Å². The molecule has 0 bridgehead atoms. The van der Waals surface area contributed by atoms with E-state index in [1.165, 1.54) is 18.2 Å². The Kier molecular flexibility index (Phi) is 5.70. The van der Waals surface area contributed by atoms with Gasteiger partial charge in [-0.2, -0.15) is 26.3 Å². The molecule has 0 aliphatic heterocycles. The smallest absolute Gasteiger partial charge is 0.376 e. The van der Waals surface area contributed by atoms with Crippen molar-refractivity contribution >= 4 is 28.9 Å². The molecular weight excluding hydrogens is 386 g/mol. The molecule has 0 fully saturated rings. The quantitative estimate of drug-likeness (QED) is 0.677. The maximum atomic E-state index is 12.9. The predicted octanol–water partition coefficient (Wildman–Crippen LogP) is 5.43. The van der Waals surface area contributed by atoms with Crippen LogP contribution in [0.1, 0.15) is 11.1 Å². The third-order valence-electron chi connectivity index (χ3n) is 3.23. The number of amides is 1. The van der Waals surface area contributed by atoms with E-state index in [4.69, 9.17) is 11.6 Å². The maximum absolute atomic E-state index is 12.9. The Balaban J connectivity index is 2.07. The minimum Gasteiger partial charge on any atom is -0.376 e. The first-order valence-corrected chi connectivity index (χ1v) is 7.43. The van der Waals surface area contributed by atoms with E-state index in [1.54, 1.807) is 0 Å². The Labute approximate surface area is 149 Å². The van der Waals surface area contributed by atoms with Crippen LogP contribution in [0.4, 0.5) is 37.7 Å². The van der Waals surface area contributed by atoms with Gasteiger partial charge in [-0.15, -0.1) is 0 Å². The summed E-state index contributed by atoms with van der Waals surface area (Å²) >= 11 is 5.48. The van der Waals surface area contributed by atoms with Gasteiger partial charge in [0.15, 0.2) is 0 Å². The van der Waals surface area contributed by atoms with E-state index in [2.05, 4.69) is 10.6 Å². The molecule has 140 valence electrons. The van der Waals surface area contributed by atoms with E-state index in [0.717, 1.165) is 18.2 Å². The summed E-state index contributed by atoms with van der Waals surface area (Å²) in [6.45, 7) is -0.537. The van der Waals surface area contributed by atoms with Crippen molar-refractivity contribution in [1.29, 1.82) is 0 Å². The number of hydrogen-bond acceptors (Lipinski definition) is 2.